The molecule has 2 rings (SSSR count). The fraction of sp³-hybridized carbons (Fsp3) is 0.455. The van der Waals surface area contributed by atoms with E-state index in [0.717, 1.165) is 0 Å². The summed E-state index contributed by atoms with van der Waals surface area (Å²) in [5.74, 6) is 0.237. The fourth-order valence-electron chi connectivity index (χ4n) is 1.56. The van der Waals surface area contributed by atoms with Crippen LogP contribution in [0.15, 0.2) is 30.3 Å². The van der Waals surface area contributed by atoms with Crippen LogP contribution >= 0.6 is 0 Å². The summed E-state index contributed by atoms with van der Waals surface area (Å²) < 4.78 is 35.6. The summed E-state index contributed by atoms with van der Waals surface area (Å²) in [4.78, 5) is 0. The zero-order valence-electron chi connectivity index (χ0n) is 9.41. The number of ether oxygens (including phenoxy) is 2. The van der Waals surface area contributed by atoms with Crippen LogP contribution in [0.25, 0.3) is 0 Å². The number of rotatable bonds is 4. The van der Waals surface area contributed by atoms with Crippen LogP contribution in [0.1, 0.15) is 0 Å². The molecule has 1 fully saturated rings. The van der Waals surface area contributed by atoms with Gasteiger partial charge in [0.15, 0.2) is 0 Å². The molecule has 1 saturated heterocycles. The molecule has 6 heteroatoms. The maximum atomic E-state index is 11.9. The second kappa shape index (κ2) is 5.48. The third kappa shape index (κ3) is 3.42. The van der Waals surface area contributed by atoms with Gasteiger partial charge in [-0.15, -0.1) is 0 Å². The first-order valence-corrected chi connectivity index (χ1v) is 7.03. The molecule has 0 N–H and O–H groups in total. The van der Waals surface area contributed by atoms with Gasteiger partial charge in [-0.05, 0) is 12.1 Å². The number of nitrogens with zero attached hydrogens (tertiary/aromatic N) is 1. The molecule has 17 heavy (non-hydrogen) atoms. The lowest BCUT2D eigenvalue weighted by Gasteiger charge is -2.25. The summed E-state index contributed by atoms with van der Waals surface area (Å²) >= 11 is 0. The minimum atomic E-state index is -3.35. The first kappa shape index (κ1) is 12.3. The van der Waals surface area contributed by atoms with Crippen LogP contribution in [-0.4, -0.2) is 45.0 Å². The van der Waals surface area contributed by atoms with Gasteiger partial charge in [0.2, 0.25) is 16.0 Å². The Bertz CT molecular complexity index is 440. The molecule has 0 unspecified atom stereocenters. The molecule has 1 aliphatic rings. The van der Waals surface area contributed by atoms with Crippen molar-refractivity contribution in [3.05, 3.63) is 30.3 Å². The molecule has 1 aliphatic heterocycles. The zero-order valence-corrected chi connectivity index (χ0v) is 10.2. The Hall–Kier alpha value is -1.11. The summed E-state index contributed by atoms with van der Waals surface area (Å²) in [5, 5.41) is 0. The van der Waals surface area contributed by atoms with Crippen molar-refractivity contribution < 1.29 is 17.9 Å². The van der Waals surface area contributed by atoms with Crippen molar-refractivity contribution in [3.63, 3.8) is 0 Å². The number of sulfonamides is 1. The largest absolute Gasteiger partial charge is 0.476 e. The number of para-hydroxylation sites is 1. The SMILES string of the molecule is O=S(=O)(COc1ccccc1)N1CCOCC1. The quantitative estimate of drug-likeness (QED) is 0.796. The molecular formula is C11H15NO4S. The summed E-state index contributed by atoms with van der Waals surface area (Å²) in [6, 6.07) is 8.92. The number of hydrogen-bond donors (Lipinski definition) is 0. The van der Waals surface area contributed by atoms with E-state index in [4.69, 9.17) is 9.47 Å². The molecule has 0 spiro atoms. The topological polar surface area (TPSA) is 55.8 Å². The average Bonchev–Trinajstić information content (AvgIpc) is 2.39. The summed E-state index contributed by atoms with van der Waals surface area (Å²) in [7, 11) is -3.35. The molecule has 0 aromatic heterocycles. The zero-order chi connectivity index (χ0) is 12.1. The Kier molecular flexibility index (Phi) is 3.98. The van der Waals surface area contributed by atoms with Gasteiger partial charge in [0.05, 0.1) is 13.2 Å². The Morgan fingerprint density at radius 1 is 1.18 bits per heavy atom. The van der Waals surface area contributed by atoms with E-state index in [1.54, 1.807) is 24.3 Å². The Balaban J connectivity index is 1.93. The third-order valence-electron chi connectivity index (χ3n) is 2.48. The Labute approximate surface area is 101 Å². The lowest BCUT2D eigenvalue weighted by molar-refractivity contribution is 0.0722. The van der Waals surface area contributed by atoms with E-state index in [1.165, 1.54) is 4.31 Å². The van der Waals surface area contributed by atoms with Crippen molar-refractivity contribution >= 4 is 10.0 Å². The van der Waals surface area contributed by atoms with Crippen LogP contribution in [-0.2, 0) is 14.8 Å². The molecule has 94 valence electrons. The minimum Gasteiger partial charge on any atom is -0.476 e. The first-order valence-electron chi connectivity index (χ1n) is 5.42. The molecule has 5 nitrogen and oxygen atoms in total. The molecule has 0 saturated carbocycles. The van der Waals surface area contributed by atoms with Crippen molar-refractivity contribution in [2.75, 3.05) is 32.2 Å². The van der Waals surface area contributed by atoms with Crippen molar-refractivity contribution in [2.45, 2.75) is 0 Å². The van der Waals surface area contributed by atoms with Gasteiger partial charge in [0.25, 0.3) is 0 Å². The molecule has 0 atom stereocenters. The monoisotopic (exact) mass is 257 g/mol. The number of hydrogen-bond acceptors (Lipinski definition) is 4. The standard InChI is InChI=1S/C11H15NO4S/c13-17(14,12-6-8-15-9-7-12)10-16-11-4-2-1-3-5-11/h1-5H,6-10H2. The smallest absolute Gasteiger partial charge is 0.249 e. The van der Waals surface area contributed by atoms with Gasteiger partial charge >= 0.3 is 0 Å². The van der Waals surface area contributed by atoms with Crippen LogP contribution in [0, 0.1) is 0 Å². The van der Waals surface area contributed by atoms with Crippen LogP contribution in [0.3, 0.4) is 0 Å². The number of benzene rings is 1. The third-order valence-corrected chi connectivity index (χ3v) is 4.05. The van der Waals surface area contributed by atoms with Crippen LogP contribution in [0.5, 0.6) is 5.75 Å². The molecule has 0 amide bonds. The van der Waals surface area contributed by atoms with E-state index in [0.29, 0.717) is 32.1 Å². The first-order chi connectivity index (χ1) is 8.18. The second-order valence-corrected chi connectivity index (χ2v) is 5.61. The lowest BCUT2D eigenvalue weighted by atomic mass is 10.3. The van der Waals surface area contributed by atoms with Crippen molar-refractivity contribution in [1.29, 1.82) is 0 Å². The van der Waals surface area contributed by atoms with E-state index in [1.807, 2.05) is 6.07 Å². The molecule has 0 bridgehead atoms. The maximum Gasteiger partial charge on any atom is 0.249 e. The van der Waals surface area contributed by atoms with Gasteiger partial charge in [-0.2, -0.15) is 4.31 Å². The molecule has 0 aliphatic carbocycles. The molecule has 1 aromatic rings. The number of morpholine rings is 1. The molecule has 0 radical (unpaired) electrons. The predicted molar refractivity (Wildman–Crippen MR) is 63.2 cm³/mol. The average molecular weight is 257 g/mol. The minimum absolute atomic E-state index is 0.322. The second-order valence-electron chi connectivity index (χ2n) is 3.70. The predicted octanol–water partition coefficient (Wildman–Crippen LogP) is 0.685. The van der Waals surface area contributed by atoms with Gasteiger partial charge in [0.1, 0.15) is 5.75 Å². The lowest BCUT2D eigenvalue weighted by Crippen LogP contribution is -2.42. The van der Waals surface area contributed by atoms with Crippen molar-refractivity contribution in [2.24, 2.45) is 0 Å². The van der Waals surface area contributed by atoms with Gasteiger partial charge in [-0.25, -0.2) is 8.42 Å². The Morgan fingerprint density at radius 2 is 1.82 bits per heavy atom. The Morgan fingerprint density at radius 3 is 2.47 bits per heavy atom. The van der Waals surface area contributed by atoms with Crippen LogP contribution in [0.2, 0.25) is 0 Å². The van der Waals surface area contributed by atoms with Crippen LogP contribution < -0.4 is 4.74 Å². The highest BCUT2D eigenvalue weighted by molar-refractivity contribution is 7.88. The van der Waals surface area contributed by atoms with Gasteiger partial charge < -0.3 is 9.47 Å². The fourth-order valence-corrected chi connectivity index (χ4v) is 2.70. The van der Waals surface area contributed by atoms with E-state index in [2.05, 4.69) is 0 Å². The van der Waals surface area contributed by atoms with Gasteiger partial charge in [-0.3, -0.25) is 0 Å². The van der Waals surface area contributed by atoms with E-state index in [-0.39, 0.29) is 5.94 Å². The van der Waals surface area contributed by atoms with E-state index in [9.17, 15) is 8.42 Å². The molecule has 1 heterocycles. The van der Waals surface area contributed by atoms with Crippen molar-refractivity contribution in [1.82, 2.24) is 4.31 Å². The maximum absolute atomic E-state index is 11.9. The van der Waals surface area contributed by atoms with E-state index >= 15 is 0 Å². The summed E-state index contributed by atoms with van der Waals surface area (Å²) in [5.41, 5.74) is 0. The summed E-state index contributed by atoms with van der Waals surface area (Å²) in [6.45, 7) is 1.70. The summed E-state index contributed by atoms with van der Waals surface area (Å²) in [6.07, 6.45) is 0. The van der Waals surface area contributed by atoms with Gasteiger partial charge in [0, 0.05) is 13.1 Å². The molecule has 1 aromatic carbocycles. The molecular weight excluding hydrogens is 242 g/mol. The van der Waals surface area contributed by atoms with E-state index < -0.39 is 10.0 Å². The highest BCUT2D eigenvalue weighted by atomic mass is 32.2. The van der Waals surface area contributed by atoms with Crippen LogP contribution in [0.4, 0.5) is 0 Å². The highest BCUT2D eigenvalue weighted by Gasteiger charge is 2.24. The van der Waals surface area contributed by atoms with Gasteiger partial charge in [-0.1, -0.05) is 18.2 Å². The highest BCUT2D eigenvalue weighted by Crippen LogP contribution is 2.11. The van der Waals surface area contributed by atoms with Crippen molar-refractivity contribution in [3.8, 4) is 5.75 Å². The normalized spacial score (nSPS) is 17.9.